The zero-order valence-corrected chi connectivity index (χ0v) is 22.2. The van der Waals surface area contributed by atoms with E-state index in [4.69, 9.17) is 17.2 Å². The number of pyridine rings is 1. The van der Waals surface area contributed by atoms with Gasteiger partial charge in [0, 0.05) is 19.3 Å². The topological polar surface area (TPSA) is 57.9 Å². The Labute approximate surface area is 215 Å². The smallest absolute Gasteiger partial charge is 0.267 e. The summed E-state index contributed by atoms with van der Waals surface area (Å²) in [6.07, 6.45) is 5.32. The van der Waals surface area contributed by atoms with Gasteiger partial charge in [0.25, 0.3) is 11.5 Å². The first-order chi connectivity index (χ1) is 16.8. The summed E-state index contributed by atoms with van der Waals surface area (Å²) >= 11 is 6.79. The van der Waals surface area contributed by atoms with Crippen molar-refractivity contribution in [2.45, 2.75) is 47.1 Å². The molecule has 6 nitrogen and oxygen atoms in total. The quantitative estimate of drug-likeness (QED) is 0.304. The molecule has 0 saturated carbocycles. The van der Waals surface area contributed by atoms with Crippen LogP contribution in [0, 0.1) is 13.8 Å². The van der Waals surface area contributed by atoms with Gasteiger partial charge in [-0.1, -0.05) is 73.7 Å². The Morgan fingerprint density at radius 2 is 1.66 bits per heavy atom. The molecule has 0 N–H and O–H groups in total. The molecular formula is C27H30N4O2S2. The van der Waals surface area contributed by atoms with E-state index >= 15 is 0 Å². The van der Waals surface area contributed by atoms with Crippen LogP contribution in [0.3, 0.4) is 0 Å². The van der Waals surface area contributed by atoms with Crippen LogP contribution in [0.2, 0.25) is 0 Å². The third-order valence-corrected chi connectivity index (χ3v) is 7.26. The summed E-state index contributed by atoms with van der Waals surface area (Å²) < 4.78 is 2.06. The highest BCUT2D eigenvalue weighted by Gasteiger charge is 2.33. The maximum absolute atomic E-state index is 13.7. The van der Waals surface area contributed by atoms with Gasteiger partial charge in [0.15, 0.2) is 0 Å². The average Bonchev–Trinajstić information content (AvgIpc) is 3.09. The van der Waals surface area contributed by atoms with E-state index in [0.29, 0.717) is 32.8 Å². The first-order valence-corrected chi connectivity index (χ1v) is 13.1. The molecule has 0 aliphatic carbocycles. The lowest BCUT2D eigenvalue weighted by molar-refractivity contribution is -0.122. The molecule has 0 radical (unpaired) electrons. The summed E-state index contributed by atoms with van der Waals surface area (Å²) in [5.74, 6) is 0.434. The number of fused-ring (bicyclic) bond motifs is 1. The Balaban J connectivity index is 1.79. The minimum atomic E-state index is -0.185. The van der Waals surface area contributed by atoms with Crippen LogP contribution in [0.1, 0.15) is 48.9 Å². The number of hydrogen-bond donors (Lipinski definition) is 0. The first-order valence-electron chi connectivity index (χ1n) is 11.9. The standard InChI is InChI=1S/C27H30N4O2S2/c1-5-13-29(14-6-2)24-21(25(32)30-16-19(4)9-12-23(30)28-24)15-22-26(33)31(27(34)35-22)17-20-10-7-18(3)8-11-20/h7-12,15-16H,5-6,13-14,17H2,1-4H3/b22-15-. The van der Waals surface area contributed by atoms with Crippen molar-refractivity contribution in [3.8, 4) is 0 Å². The second-order valence-electron chi connectivity index (χ2n) is 8.83. The van der Waals surface area contributed by atoms with E-state index in [1.807, 2.05) is 50.2 Å². The van der Waals surface area contributed by atoms with Crippen LogP contribution in [0.5, 0.6) is 0 Å². The third kappa shape index (κ3) is 5.33. The number of thiocarbonyl (C=S) groups is 1. The van der Waals surface area contributed by atoms with Crippen LogP contribution < -0.4 is 10.5 Å². The Hall–Kier alpha value is -2.97. The van der Waals surface area contributed by atoms with Gasteiger partial charge in [-0.15, -0.1) is 0 Å². The number of nitrogens with zero attached hydrogens (tertiary/aromatic N) is 4. The highest BCUT2D eigenvalue weighted by atomic mass is 32.2. The highest BCUT2D eigenvalue weighted by molar-refractivity contribution is 8.26. The molecule has 2 aromatic heterocycles. The Kier molecular flexibility index (Phi) is 7.72. The summed E-state index contributed by atoms with van der Waals surface area (Å²) in [4.78, 5) is 36.1. The number of thioether (sulfide) groups is 1. The number of anilines is 1. The number of aromatic nitrogens is 2. The number of aryl methyl sites for hydroxylation is 2. The SMILES string of the molecule is CCCN(CCC)c1nc2ccc(C)cn2c(=O)c1/C=C1\SC(=S)N(Cc2ccc(C)cc2)C1=O. The predicted molar refractivity (Wildman–Crippen MR) is 149 cm³/mol. The van der Waals surface area contributed by atoms with Crippen molar-refractivity contribution in [1.29, 1.82) is 0 Å². The van der Waals surface area contributed by atoms with E-state index < -0.39 is 0 Å². The first kappa shape index (κ1) is 25.1. The van der Waals surface area contributed by atoms with E-state index in [-0.39, 0.29) is 11.5 Å². The number of benzene rings is 1. The van der Waals surface area contributed by atoms with Gasteiger partial charge in [0.05, 0.1) is 17.0 Å². The van der Waals surface area contributed by atoms with E-state index in [1.165, 1.54) is 11.8 Å². The van der Waals surface area contributed by atoms with Gasteiger partial charge in [-0.3, -0.25) is 18.9 Å². The molecule has 4 rings (SSSR count). The molecule has 0 unspecified atom stereocenters. The van der Waals surface area contributed by atoms with Crippen molar-refractivity contribution < 1.29 is 4.79 Å². The van der Waals surface area contributed by atoms with Gasteiger partial charge in [0.1, 0.15) is 15.8 Å². The number of hydrogen-bond acceptors (Lipinski definition) is 6. The monoisotopic (exact) mass is 506 g/mol. The molecule has 1 aliphatic heterocycles. The Morgan fingerprint density at radius 3 is 2.31 bits per heavy atom. The predicted octanol–water partition coefficient (Wildman–Crippen LogP) is 5.34. The van der Waals surface area contributed by atoms with Crippen molar-refractivity contribution in [2.75, 3.05) is 18.0 Å². The highest BCUT2D eigenvalue weighted by Crippen LogP contribution is 2.34. The summed E-state index contributed by atoms with van der Waals surface area (Å²) in [5.41, 5.74) is 3.96. The molecule has 182 valence electrons. The van der Waals surface area contributed by atoms with Crippen LogP contribution in [0.25, 0.3) is 11.7 Å². The fourth-order valence-corrected chi connectivity index (χ4v) is 5.36. The molecule has 8 heteroatoms. The molecule has 0 spiro atoms. The summed E-state index contributed by atoms with van der Waals surface area (Å²) in [7, 11) is 0. The minimum Gasteiger partial charge on any atom is -0.356 e. The van der Waals surface area contributed by atoms with E-state index in [0.717, 1.165) is 42.6 Å². The largest absolute Gasteiger partial charge is 0.356 e. The summed E-state index contributed by atoms with van der Waals surface area (Å²) in [6, 6.07) is 11.9. The van der Waals surface area contributed by atoms with E-state index in [2.05, 4.69) is 18.7 Å². The van der Waals surface area contributed by atoms with Crippen LogP contribution in [0.4, 0.5) is 5.82 Å². The molecule has 1 aliphatic rings. The number of carbonyl (C=O) groups excluding carboxylic acids is 1. The van der Waals surface area contributed by atoms with Gasteiger partial charge in [-0.25, -0.2) is 4.98 Å². The van der Waals surface area contributed by atoms with Crippen molar-refractivity contribution in [1.82, 2.24) is 14.3 Å². The van der Waals surface area contributed by atoms with Crippen LogP contribution in [0.15, 0.2) is 52.3 Å². The molecule has 1 fully saturated rings. The second kappa shape index (κ2) is 10.7. The normalized spacial score (nSPS) is 15.0. The third-order valence-electron chi connectivity index (χ3n) is 5.88. The Bertz CT molecular complexity index is 1360. The molecule has 0 atom stereocenters. The molecule has 1 aromatic carbocycles. The number of carbonyl (C=O) groups is 1. The van der Waals surface area contributed by atoms with Gasteiger partial charge < -0.3 is 4.90 Å². The van der Waals surface area contributed by atoms with Gasteiger partial charge in [-0.05, 0) is 50.0 Å². The fourth-order valence-electron chi connectivity index (χ4n) is 4.12. The lowest BCUT2D eigenvalue weighted by atomic mass is 10.1. The zero-order valence-electron chi connectivity index (χ0n) is 20.6. The lowest BCUT2D eigenvalue weighted by Gasteiger charge is -2.24. The van der Waals surface area contributed by atoms with Crippen molar-refractivity contribution in [2.24, 2.45) is 0 Å². The molecule has 1 amide bonds. The second-order valence-corrected chi connectivity index (χ2v) is 10.5. The van der Waals surface area contributed by atoms with Gasteiger partial charge in [-0.2, -0.15) is 0 Å². The lowest BCUT2D eigenvalue weighted by Crippen LogP contribution is -2.31. The Morgan fingerprint density at radius 1 is 1.00 bits per heavy atom. The number of amides is 1. The van der Waals surface area contributed by atoms with Crippen LogP contribution >= 0.6 is 24.0 Å². The zero-order chi connectivity index (χ0) is 25.1. The molecule has 3 aromatic rings. The van der Waals surface area contributed by atoms with Crippen molar-refractivity contribution >= 4 is 51.7 Å². The van der Waals surface area contributed by atoms with Crippen molar-refractivity contribution in [3.63, 3.8) is 0 Å². The molecule has 3 heterocycles. The number of rotatable bonds is 8. The van der Waals surface area contributed by atoms with Crippen LogP contribution in [-0.4, -0.2) is 37.6 Å². The molecular weight excluding hydrogens is 476 g/mol. The maximum Gasteiger partial charge on any atom is 0.267 e. The van der Waals surface area contributed by atoms with Gasteiger partial charge in [0.2, 0.25) is 0 Å². The molecule has 0 bridgehead atoms. The fraction of sp³-hybridized carbons (Fsp3) is 0.333. The van der Waals surface area contributed by atoms with Crippen LogP contribution in [-0.2, 0) is 11.3 Å². The summed E-state index contributed by atoms with van der Waals surface area (Å²) in [6.45, 7) is 10.1. The van der Waals surface area contributed by atoms with Crippen molar-refractivity contribution in [3.05, 3.63) is 80.1 Å². The maximum atomic E-state index is 13.7. The van der Waals surface area contributed by atoms with E-state index in [1.54, 1.807) is 21.6 Å². The minimum absolute atomic E-state index is 0.183. The molecule has 35 heavy (non-hydrogen) atoms. The molecule has 1 saturated heterocycles. The average molecular weight is 507 g/mol. The van der Waals surface area contributed by atoms with Gasteiger partial charge >= 0.3 is 0 Å². The summed E-state index contributed by atoms with van der Waals surface area (Å²) in [5, 5.41) is 0. The van der Waals surface area contributed by atoms with E-state index in [9.17, 15) is 9.59 Å².